The summed E-state index contributed by atoms with van der Waals surface area (Å²) in [6, 6.07) is 5.92. The van der Waals surface area contributed by atoms with E-state index < -0.39 is 0 Å². The zero-order chi connectivity index (χ0) is 10.3. The Morgan fingerprint density at radius 1 is 1.27 bits per heavy atom. The largest absolute Gasteiger partial charge is 0.399 e. The first-order valence-electron chi connectivity index (χ1n) is 5.58. The molecule has 15 heavy (non-hydrogen) atoms. The molecule has 3 nitrogen and oxygen atoms in total. The van der Waals surface area contributed by atoms with Crippen molar-refractivity contribution in [3.63, 3.8) is 0 Å². The number of hydrogen-bond donors (Lipinski definition) is 2. The normalized spacial score (nSPS) is 17.6. The van der Waals surface area contributed by atoms with Gasteiger partial charge in [0.15, 0.2) is 0 Å². The van der Waals surface area contributed by atoms with Gasteiger partial charge in [0, 0.05) is 22.7 Å². The van der Waals surface area contributed by atoms with E-state index in [0.29, 0.717) is 5.92 Å². The molecule has 0 unspecified atom stereocenters. The van der Waals surface area contributed by atoms with Gasteiger partial charge in [-0.25, -0.2) is 0 Å². The minimum atomic E-state index is 0.664. The molecule has 1 aromatic carbocycles. The van der Waals surface area contributed by atoms with E-state index in [4.69, 9.17) is 5.73 Å². The molecule has 1 fully saturated rings. The van der Waals surface area contributed by atoms with Crippen LogP contribution in [0.25, 0.3) is 10.9 Å². The molecule has 1 saturated carbocycles. The Balaban J connectivity index is 2.13. The van der Waals surface area contributed by atoms with Crippen LogP contribution in [0, 0.1) is 0 Å². The Morgan fingerprint density at radius 3 is 2.87 bits per heavy atom. The fourth-order valence-corrected chi connectivity index (χ4v) is 2.57. The molecule has 0 amide bonds. The summed E-state index contributed by atoms with van der Waals surface area (Å²) in [5.41, 5.74) is 8.95. The average molecular weight is 201 g/mol. The summed E-state index contributed by atoms with van der Waals surface area (Å²) < 4.78 is 0. The molecule has 1 aromatic heterocycles. The van der Waals surface area contributed by atoms with E-state index in [1.54, 1.807) is 0 Å². The van der Waals surface area contributed by atoms with E-state index in [2.05, 4.69) is 10.2 Å². The fourth-order valence-electron chi connectivity index (χ4n) is 2.57. The van der Waals surface area contributed by atoms with Crippen molar-refractivity contribution in [3.8, 4) is 0 Å². The van der Waals surface area contributed by atoms with Crippen molar-refractivity contribution >= 4 is 16.6 Å². The first kappa shape index (κ1) is 8.77. The highest BCUT2D eigenvalue weighted by molar-refractivity contribution is 5.84. The number of nitrogen functional groups attached to an aromatic ring is 1. The molecular formula is C12H15N3. The third kappa shape index (κ3) is 1.39. The van der Waals surface area contributed by atoms with E-state index in [1.165, 1.54) is 36.8 Å². The van der Waals surface area contributed by atoms with Crippen LogP contribution < -0.4 is 5.73 Å². The molecular weight excluding hydrogens is 186 g/mol. The molecule has 0 spiro atoms. The number of fused-ring (bicyclic) bond motifs is 1. The van der Waals surface area contributed by atoms with Crippen LogP contribution in [-0.2, 0) is 0 Å². The molecule has 2 aromatic rings. The maximum absolute atomic E-state index is 5.81. The van der Waals surface area contributed by atoms with Crippen molar-refractivity contribution in [1.29, 1.82) is 0 Å². The first-order chi connectivity index (χ1) is 7.34. The predicted octanol–water partition coefficient (Wildman–Crippen LogP) is 2.80. The third-order valence-electron chi connectivity index (χ3n) is 3.37. The second-order valence-corrected chi connectivity index (χ2v) is 4.40. The fraction of sp³-hybridized carbons (Fsp3) is 0.417. The second kappa shape index (κ2) is 3.26. The van der Waals surface area contributed by atoms with Gasteiger partial charge in [0.1, 0.15) is 0 Å². The maximum atomic E-state index is 5.81. The van der Waals surface area contributed by atoms with Gasteiger partial charge < -0.3 is 5.73 Å². The molecule has 0 aliphatic heterocycles. The number of rotatable bonds is 1. The number of aromatic amines is 1. The van der Waals surface area contributed by atoms with E-state index in [1.807, 2.05) is 18.2 Å². The summed E-state index contributed by atoms with van der Waals surface area (Å²) in [5, 5.41) is 8.71. The van der Waals surface area contributed by atoms with Crippen LogP contribution in [0.15, 0.2) is 18.2 Å². The molecule has 3 rings (SSSR count). The van der Waals surface area contributed by atoms with Crippen molar-refractivity contribution in [1.82, 2.24) is 10.2 Å². The molecule has 1 heterocycles. The Bertz CT molecular complexity index is 481. The number of nitrogens with two attached hydrogens (primary N) is 1. The molecule has 0 bridgehead atoms. The Kier molecular flexibility index (Phi) is 1.91. The number of nitrogens with one attached hydrogen (secondary N) is 1. The molecule has 3 heteroatoms. The molecule has 1 aliphatic rings. The van der Waals surface area contributed by atoms with Crippen molar-refractivity contribution in [2.45, 2.75) is 31.6 Å². The summed E-state index contributed by atoms with van der Waals surface area (Å²) in [4.78, 5) is 0. The van der Waals surface area contributed by atoms with E-state index >= 15 is 0 Å². The van der Waals surface area contributed by atoms with Crippen molar-refractivity contribution < 1.29 is 0 Å². The van der Waals surface area contributed by atoms with Gasteiger partial charge in [0.2, 0.25) is 0 Å². The summed E-state index contributed by atoms with van der Waals surface area (Å²) in [6.45, 7) is 0. The summed E-state index contributed by atoms with van der Waals surface area (Å²) in [5.74, 6) is 0.664. The number of aromatic nitrogens is 2. The highest BCUT2D eigenvalue weighted by Gasteiger charge is 2.20. The average Bonchev–Trinajstić information content (AvgIpc) is 2.83. The molecule has 1 aliphatic carbocycles. The van der Waals surface area contributed by atoms with Gasteiger partial charge >= 0.3 is 0 Å². The first-order valence-corrected chi connectivity index (χ1v) is 5.58. The van der Waals surface area contributed by atoms with Crippen LogP contribution in [0.3, 0.4) is 0 Å². The standard InChI is InChI=1S/C12H15N3/c13-9-5-6-11-10(7-9)12(15-14-11)8-3-1-2-4-8/h5-8H,1-4,13H2,(H,14,15). The molecule has 0 atom stereocenters. The summed E-state index contributed by atoms with van der Waals surface area (Å²) in [7, 11) is 0. The van der Waals surface area contributed by atoms with Crippen molar-refractivity contribution in [2.75, 3.05) is 5.73 Å². The van der Waals surface area contributed by atoms with Crippen molar-refractivity contribution in [3.05, 3.63) is 23.9 Å². The van der Waals surface area contributed by atoms with Crippen LogP contribution in [0.1, 0.15) is 37.3 Å². The SMILES string of the molecule is Nc1ccc2n[nH]c(C3CCCC3)c2c1. The molecule has 78 valence electrons. The Morgan fingerprint density at radius 2 is 2.07 bits per heavy atom. The lowest BCUT2D eigenvalue weighted by Crippen LogP contribution is -1.93. The van der Waals surface area contributed by atoms with Crippen LogP contribution in [0.5, 0.6) is 0 Å². The van der Waals surface area contributed by atoms with Gasteiger partial charge in [-0.1, -0.05) is 12.8 Å². The summed E-state index contributed by atoms with van der Waals surface area (Å²) >= 11 is 0. The van der Waals surface area contributed by atoms with E-state index in [0.717, 1.165) is 11.2 Å². The number of nitrogens with zero attached hydrogens (tertiary/aromatic N) is 1. The lowest BCUT2D eigenvalue weighted by Gasteiger charge is -2.06. The third-order valence-corrected chi connectivity index (χ3v) is 3.37. The highest BCUT2D eigenvalue weighted by atomic mass is 15.1. The zero-order valence-corrected chi connectivity index (χ0v) is 8.66. The lowest BCUT2D eigenvalue weighted by atomic mass is 10.0. The van der Waals surface area contributed by atoms with E-state index in [9.17, 15) is 0 Å². The molecule has 0 saturated heterocycles. The quantitative estimate of drug-likeness (QED) is 0.697. The smallest absolute Gasteiger partial charge is 0.0925 e. The maximum Gasteiger partial charge on any atom is 0.0925 e. The number of hydrogen-bond acceptors (Lipinski definition) is 2. The van der Waals surface area contributed by atoms with Gasteiger partial charge in [0.05, 0.1) is 5.52 Å². The minimum Gasteiger partial charge on any atom is -0.399 e. The zero-order valence-electron chi connectivity index (χ0n) is 8.66. The van der Waals surface area contributed by atoms with Gasteiger partial charge in [0.25, 0.3) is 0 Å². The van der Waals surface area contributed by atoms with Crippen LogP contribution in [0.2, 0.25) is 0 Å². The summed E-state index contributed by atoms with van der Waals surface area (Å²) in [6.07, 6.45) is 5.25. The van der Waals surface area contributed by atoms with Gasteiger partial charge in [-0.2, -0.15) is 5.10 Å². The lowest BCUT2D eigenvalue weighted by molar-refractivity contribution is 0.698. The highest BCUT2D eigenvalue weighted by Crippen LogP contribution is 2.36. The monoisotopic (exact) mass is 201 g/mol. The van der Waals surface area contributed by atoms with Gasteiger partial charge in [-0.3, -0.25) is 5.10 Å². The predicted molar refractivity (Wildman–Crippen MR) is 61.7 cm³/mol. The van der Waals surface area contributed by atoms with E-state index in [-0.39, 0.29) is 0 Å². The molecule has 3 N–H and O–H groups in total. The number of anilines is 1. The number of H-pyrrole nitrogens is 1. The minimum absolute atomic E-state index is 0.664. The topological polar surface area (TPSA) is 54.7 Å². The van der Waals surface area contributed by atoms with Crippen LogP contribution >= 0.6 is 0 Å². The van der Waals surface area contributed by atoms with Gasteiger partial charge in [-0.05, 0) is 31.0 Å². The second-order valence-electron chi connectivity index (χ2n) is 4.40. The Labute approximate surface area is 88.7 Å². The van der Waals surface area contributed by atoms with Crippen LogP contribution in [0.4, 0.5) is 5.69 Å². The van der Waals surface area contributed by atoms with Crippen molar-refractivity contribution in [2.24, 2.45) is 0 Å². The Hall–Kier alpha value is -1.51. The molecule has 0 radical (unpaired) electrons. The van der Waals surface area contributed by atoms with Crippen LogP contribution in [-0.4, -0.2) is 10.2 Å². The van der Waals surface area contributed by atoms with Gasteiger partial charge in [-0.15, -0.1) is 0 Å². The number of benzene rings is 1.